The molecule has 1 aliphatic rings. The van der Waals surface area contributed by atoms with Crippen LogP contribution in [0.3, 0.4) is 0 Å². The fourth-order valence-corrected chi connectivity index (χ4v) is 3.27. The summed E-state index contributed by atoms with van der Waals surface area (Å²) in [5.41, 5.74) is 2.46. The van der Waals surface area contributed by atoms with E-state index in [2.05, 4.69) is 26.0 Å². The van der Waals surface area contributed by atoms with E-state index in [0.717, 1.165) is 12.8 Å². The Kier molecular flexibility index (Phi) is 5.58. The maximum absolute atomic E-state index is 12.4. The molecule has 1 aromatic carbocycles. The molecule has 1 aromatic rings. The highest BCUT2D eigenvalue weighted by Gasteiger charge is 2.25. The number of carbonyl (C=O) groups is 2. The number of carbonyl (C=O) groups excluding carboxylic acids is 1. The molecule has 0 aromatic heterocycles. The monoisotopic (exact) mass is 303 g/mol. The van der Waals surface area contributed by atoms with Crippen molar-refractivity contribution in [1.29, 1.82) is 0 Å². The SMILES string of the molecule is Cc1ccccc1C(C)CC(=O)N1CCC(CC(=O)O)CC1. The van der Waals surface area contributed by atoms with Gasteiger partial charge in [0.1, 0.15) is 0 Å². The molecule has 0 bridgehead atoms. The van der Waals surface area contributed by atoms with Gasteiger partial charge in [0.25, 0.3) is 0 Å². The minimum absolute atomic E-state index is 0.185. The number of hydrogen-bond donors (Lipinski definition) is 1. The maximum atomic E-state index is 12.4. The molecule has 0 spiro atoms. The first-order valence-electron chi connectivity index (χ1n) is 8.02. The van der Waals surface area contributed by atoms with Crippen LogP contribution in [0.2, 0.25) is 0 Å². The van der Waals surface area contributed by atoms with E-state index >= 15 is 0 Å². The lowest BCUT2D eigenvalue weighted by Crippen LogP contribution is -2.39. The number of nitrogens with zero attached hydrogens (tertiary/aromatic N) is 1. The summed E-state index contributed by atoms with van der Waals surface area (Å²) < 4.78 is 0. The standard InChI is InChI=1S/C18H25NO3/c1-13-5-3-4-6-16(13)14(2)11-17(20)19-9-7-15(8-10-19)12-18(21)22/h3-6,14-15H,7-12H2,1-2H3,(H,21,22). The van der Waals surface area contributed by atoms with E-state index in [9.17, 15) is 9.59 Å². The first-order valence-corrected chi connectivity index (χ1v) is 8.02. The van der Waals surface area contributed by atoms with Gasteiger partial charge in [0, 0.05) is 25.9 Å². The Morgan fingerprint density at radius 1 is 1.27 bits per heavy atom. The third kappa shape index (κ3) is 4.33. The average Bonchev–Trinajstić information content (AvgIpc) is 2.47. The molecular formula is C18H25NO3. The Bertz CT molecular complexity index is 533. The molecule has 1 saturated heterocycles. The number of hydrogen-bond acceptors (Lipinski definition) is 2. The van der Waals surface area contributed by atoms with E-state index < -0.39 is 5.97 Å². The number of likely N-dealkylation sites (tertiary alicyclic amines) is 1. The number of aliphatic carboxylic acids is 1. The molecule has 1 fully saturated rings. The van der Waals surface area contributed by atoms with Gasteiger partial charge in [-0.05, 0) is 42.7 Å². The van der Waals surface area contributed by atoms with E-state index in [0.29, 0.717) is 19.5 Å². The van der Waals surface area contributed by atoms with Gasteiger partial charge >= 0.3 is 5.97 Å². The summed E-state index contributed by atoms with van der Waals surface area (Å²) in [5.74, 6) is -0.122. The summed E-state index contributed by atoms with van der Waals surface area (Å²) in [6, 6.07) is 8.20. The Morgan fingerprint density at radius 2 is 1.91 bits per heavy atom. The van der Waals surface area contributed by atoms with Crippen molar-refractivity contribution in [3.63, 3.8) is 0 Å². The second kappa shape index (κ2) is 7.43. The van der Waals surface area contributed by atoms with Gasteiger partial charge < -0.3 is 10.0 Å². The van der Waals surface area contributed by atoms with Crippen LogP contribution in [-0.2, 0) is 9.59 Å². The second-order valence-corrected chi connectivity index (χ2v) is 6.38. The van der Waals surface area contributed by atoms with E-state index in [1.807, 2.05) is 17.0 Å². The van der Waals surface area contributed by atoms with Gasteiger partial charge in [-0.15, -0.1) is 0 Å². The Hall–Kier alpha value is -1.84. The summed E-state index contributed by atoms with van der Waals surface area (Å²) >= 11 is 0. The second-order valence-electron chi connectivity index (χ2n) is 6.38. The van der Waals surface area contributed by atoms with Gasteiger partial charge in [-0.25, -0.2) is 0 Å². The van der Waals surface area contributed by atoms with Crippen molar-refractivity contribution in [3.05, 3.63) is 35.4 Å². The van der Waals surface area contributed by atoms with Crippen LogP contribution in [0, 0.1) is 12.8 Å². The first kappa shape index (κ1) is 16.5. The molecule has 1 atom stereocenters. The minimum atomic E-state index is -0.738. The van der Waals surface area contributed by atoms with Gasteiger partial charge in [-0.2, -0.15) is 0 Å². The normalized spacial score (nSPS) is 17.3. The van der Waals surface area contributed by atoms with Crippen LogP contribution in [0.5, 0.6) is 0 Å². The van der Waals surface area contributed by atoms with Crippen molar-refractivity contribution in [3.8, 4) is 0 Å². The molecule has 0 radical (unpaired) electrons. The van der Waals surface area contributed by atoms with E-state index in [1.54, 1.807) is 0 Å². The Morgan fingerprint density at radius 3 is 2.50 bits per heavy atom. The molecule has 1 aliphatic heterocycles. The molecule has 1 amide bonds. The summed E-state index contributed by atoms with van der Waals surface area (Å²) in [4.78, 5) is 25.1. The van der Waals surface area contributed by atoms with E-state index in [1.165, 1.54) is 11.1 Å². The van der Waals surface area contributed by atoms with Crippen molar-refractivity contribution >= 4 is 11.9 Å². The van der Waals surface area contributed by atoms with Crippen molar-refractivity contribution < 1.29 is 14.7 Å². The molecule has 0 saturated carbocycles. The van der Waals surface area contributed by atoms with Crippen LogP contribution in [0.4, 0.5) is 0 Å². The fourth-order valence-electron chi connectivity index (χ4n) is 3.27. The fraction of sp³-hybridized carbons (Fsp3) is 0.556. The number of carboxylic acid groups (broad SMARTS) is 1. The zero-order valence-corrected chi connectivity index (χ0v) is 13.4. The van der Waals surface area contributed by atoms with Crippen LogP contribution in [-0.4, -0.2) is 35.0 Å². The van der Waals surface area contributed by atoms with Crippen LogP contribution in [0.15, 0.2) is 24.3 Å². The summed E-state index contributed by atoms with van der Waals surface area (Å²) in [5, 5.41) is 8.83. The van der Waals surface area contributed by atoms with Gasteiger partial charge in [0.15, 0.2) is 0 Å². The van der Waals surface area contributed by atoms with E-state index in [4.69, 9.17) is 5.11 Å². The number of carboxylic acids is 1. The lowest BCUT2D eigenvalue weighted by molar-refractivity contribution is -0.138. The molecule has 120 valence electrons. The summed E-state index contributed by atoms with van der Waals surface area (Å²) in [6.07, 6.45) is 2.35. The number of benzene rings is 1. The lowest BCUT2D eigenvalue weighted by Gasteiger charge is -2.32. The van der Waals surface area contributed by atoms with Crippen LogP contribution >= 0.6 is 0 Å². The topological polar surface area (TPSA) is 57.6 Å². The molecule has 4 heteroatoms. The van der Waals surface area contributed by atoms with Crippen molar-refractivity contribution in [2.24, 2.45) is 5.92 Å². The zero-order chi connectivity index (χ0) is 16.1. The van der Waals surface area contributed by atoms with Gasteiger partial charge in [0.2, 0.25) is 5.91 Å². The summed E-state index contributed by atoms with van der Waals surface area (Å²) in [6.45, 7) is 5.56. The Balaban J connectivity index is 1.86. The predicted molar refractivity (Wildman–Crippen MR) is 85.8 cm³/mol. The smallest absolute Gasteiger partial charge is 0.303 e. The quantitative estimate of drug-likeness (QED) is 0.908. The molecule has 4 nitrogen and oxygen atoms in total. The van der Waals surface area contributed by atoms with Gasteiger partial charge in [0.05, 0.1) is 0 Å². The molecule has 1 unspecified atom stereocenters. The highest BCUT2D eigenvalue weighted by Crippen LogP contribution is 2.25. The van der Waals surface area contributed by atoms with Crippen molar-refractivity contribution in [1.82, 2.24) is 4.90 Å². The third-order valence-corrected chi connectivity index (χ3v) is 4.63. The minimum Gasteiger partial charge on any atom is -0.481 e. The van der Waals surface area contributed by atoms with Crippen LogP contribution in [0.1, 0.15) is 49.7 Å². The van der Waals surface area contributed by atoms with Crippen molar-refractivity contribution in [2.75, 3.05) is 13.1 Å². The zero-order valence-electron chi connectivity index (χ0n) is 13.4. The lowest BCUT2D eigenvalue weighted by atomic mass is 9.91. The number of aryl methyl sites for hydroxylation is 1. The molecule has 1 heterocycles. The summed E-state index contributed by atoms with van der Waals surface area (Å²) in [7, 11) is 0. The molecular weight excluding hydrogens is 278 g/mol. The number of piperidine rings is 1. The molecule has 1 N–H and O–H groups in total. The van der Waals surface area contributed by atoms with Crippen molar-refractivity contribution in [2.45, 2.75) is 45.4 Å². The van der Waals surface area contributed by atoms with Crippen LogP contribution in [0.25, 0.3) is 0 Å². The largest absolute Gasteiger partial charge is 0.481 e. The van der Waals surface area contributed by atoms with Crippen LogP contribution < -0.4 is 0 Å². The van der Waals surface area contributed by atoms with E-state index in [-0.39, 0.29) is 24.2 Å². The van der Waals surface area contributed by atoms with Gasteiger partial charge in [-0.3, -0.25) is 9.59 Å². The molecule has 0 aliphatic carbocycles. The Labute approximate surface area is 132 Å². The first-order chi connectivity index (χ1) is 10.5. The number of rotatable bonds is 5. The molecule has 2 rings (SSSR count). The highest BCUT2D eigenvalue weighted by molar-refractivity contribution is 5.77. The predicted octanol–water partition coefficient (Wildman–Crippen LogP) is 3.20. The average molecular weight is 303 g/mol. The highest BCUT2D eigenvalue weighted by atomic mass is 16.4. The third-order valence-electron chi connectivity index (χ3n) is 4.63. The maximum Gasteiger partial charge on any atom is 0.303 e. The molecule has 22 heavy (non-hydrogen) atoms. The van der Waals surface area contributed by atoms with Gasteiger partial charge in [-0.1, -0.05) is 31.2 Å². The number of amides is 1.